The Bertz CT molecular complexity index is 711. The molecule has 27 heavy (non-hydrogen) atoms. The number of carbonyl (C=O) groups excluding carboxylic acids is 1. The van der Waals surface area contributed by atoms with Crippen molar-refractivity contribution in [3.05, 3.63) is 70.7 Å². The quantitative estimate of drug-likeness (QED) is 0.716. The minimum Gasteiger partial charge on any atom is -0.352 e. The summed E-state index contributed by atoms with van der Waals surface area (Å²) >= 11 is 5.98. The Morgan fingerprint density at radius 1 is 1.04 bits per heavy atom. The van der Waals surface area contributed by atoms with Gasteiger partial charge in [-0.15, -0.1) is 0 Å². The zero-order chi connectivity index (χ0) is 18.9. The Hall–Kier alpha value is -1.84. The van der Waals surface area contributed by atoms with Crippen molar-refractivity contribution >= 4 is 17.5 Å². The zero-order valence-corrected chi connectivity index (χ0v) is 16.6. The maximum absolute atomic E-state index is 12.1. The van der Waals surface area contributed by atoms with E-state index >= 15 is 0 Å². The molecule has 0 bridgehead atoms. The number of halogens is 1. The molecule has 1 amide bonds. The molecule has 0 aliphatic carbocycles. The minimum atomic E-state index is 0.140. The molecule has 1 N–H and O–H groups in total. The van der Waals surface area contributed by atoms with Gasteiger partial charge in [0.1, 0.15) is 0 Å². The third-order valence-corrected chi connectivity index (χ3v) is 5.66. The van der Waals surface area contributed by atoms with Crippen LogP contribution in [0.3, 0.4) is 0 Å². The molecule has 2 aromatic rings. The lowest BCUT2D eigenvalue weighted by Crippen LogP contribution is -2.35. The van der Waals surface area contributed by atoms with Gasteiger partial charge in [0.2, 0.25) is 5.91 Å². The minimum absolute atomic E-state index is 0.140. The largest absolute Gasteiger partial charge is 0.352 e. The number of benzene rings is 2. The molecule has 3 nitrogen and oxygen atoms in total. The van der Waals surface area contributed by atoms with E-state index in [1.807, 2.05) is 24.3 Å². The molecule has 0 atom stereocenters. The van der Waals surface area contributed by atoms with E-state index < -0.39 is 0 Å². The van der Waals surface area contributed by atoms with Crippen molar-refractivity contribution in [1.82, 2.24) is 10.2 Å². The van der Waals surface area contributed by atoms with E-state index in [9.17, 15) is 4.79 Å². The zero-order valence-electron chi connectivity index (χ0n) is 15.9. The Kier molecular flexibility index (Phi) is 7.73. The van der Waals surface area contributed by atoms with Crippen molar-refractivity contribution in [1.29, 1.82) is 0 Å². The number of likely N-dealkylation sites (tertiary alicyclic amines) is 1. The highest BCUT2D eigenvalue weighted by atomic mass is 35.5. The van der Waals surface area contributed by atoms with Crippen LogP contribution < -0.4 is 5.32 Å². The molecule has 3 rings (SSSR count). The van der Waals surface area contributed by atoms with Crippen molar-refractivity contribution in [2.24, 2.45) is 5.92 Å². The van der Waals surface area contributed by atoms with E-state index in [1.54, 1.807) is 0 Å². The summed E-state index contributed by atoms with van der Waals surface area (Å²) in [5, 5.41) is 3.71. The Morgan fingerprint density at radius 2 is 1.78 bits per heavy atom. The second kappa shape index (κ2) is 10.5. The lowest BCUT2D eigenvalue weighted by Gasteiger charge is -2.31. The van der Waals surface area contributed by atoms with Crippen LogP contribution in [0.1, 0.15) is 36.8 Å². The topological polar surface area (TPSA) is 32.3 Å². The van der Waals surface area contributed by atoms with Crippen LogP contribution in [0.5, 0.6) is 0 Å². The molecule has 1 aliphatic rings. The van der Waals surface area contributed by atoms with E-state index in [4.69, 9.17) is 11.6 Å². The van der Waals surface area contributed by atoms with E-state index in [0.29, 0.717) is 23.9 Å². The first kappa shape index (κ1) is 19.9. The van der Waals surface area contributed by atoms with Crippen molar-refractivity contribution in [2.45, 2.75) is 38.6 Å². The normalized spacial score (nSPS) is 15.6. The third-order valence-electron chi connectivity index (χ3n) is 5.43. The number of carbonyl (C=O) groups is 1. The number of hydrogen-bond acceptors (Lipinski definition) is 2. The molecule has 1 aliphatic heterocycles. The second-order valence-corrected chi connectivity index (χ2v) is 7.90. The third kappa shape index (κ3) is 7.00. The van der Waals surface area contributed by atoms with Crippen LogP contribution in [0.4, 0.5) is 0 Å². The van der Waals surface area contributed by atoms with Crippen LogP contribution >= 0.6 is 11.6 Å². The van der Waals surface area contributed by atoms with Gasteiger partial charge in [0.25, 0.3) is 0 Å². The van der Waals surface area contributed by atoms with Gasteiger partial charge in [0.15, 0.2) is 0 Å². The Balaban J connectivity index is 1.29. The maximum atomic E-state index is 12.1. The average Bonchev–Trinajstić information content (AvgIpc) is 2.71. The SMILES string of the molecule is O=C(CCC1CCN(CCc2ccccc2)CC1)NCc1cccc(Cl)c1. The standard InChI is InChI=1S/C23H29ClN2O/c24-22-8-4-7-21(17-22)18-25-23(27)10-9-20-12-15-26(16-13-20)14-11-19-5-2-1-3-6-19/h1-8,17,20H,9-16,18H2,(H,25,27). The van der Waals surface area contributed by atoms with Gasteiger partial charge in [-0.3, -0.25) is 4.79 Å². The summed E-state index contributed by atoms with van der Waals surface area (Å²) in [7, 11) is 0. The van der Waals surface area contributed by atoms with Crippen molar-refractivity contribution in [3.63, 3.8) is 0 Å². The molecule has 1 heterocycles. The first-order valence-corrected chi connectivity index (χ1v) is 10.3. The first-order chi connectivity index (χ1) is 13.2. The van der Waals surface area contributed by atoms with Gasteiger partial charge in [0, 0.05) is 24.5 Å². The molecule has 4 heteroatoms. The number of hydrogen-bond donors (Lipinski definition) is 1. The number of piperidine rings is 1. The maximum Gasteiger partial charge on any atom is 0.220 e. The fourth-order valence-corrected chi connectivity index (χ4v) is 3.91. The fourth-order valence-electron chi connectivity index (χ4n) is 3.70. The van der Waals surface area contributed by atoms with Gasteiger partial charge in [-0.25, -0.2) is 0 Å². The summed E-state index contributed by atoms with van der Waals surface area (Å²) in [4.78, 5) is 14.7. The van der Waals surface area contributed by atoms with Gasteiger partial charge in [-0.05, 0) is 68.0 Å². The predicted octanol–water partition coefficient (Wildman–Crippen LogP) is 4.69. The predicted molar refractivity (Wildman–Crippen MR) is 112 cm³/mol. The van der Waals surface area contributed by atoms with Crippen LogP contribution in [-0.4, -0.2) is 30.4 Å². The number of nitrogens with zero attached hydrogens (tertiary/aromatic N) is 1. The van der Waals surface area contributed by atoms with E-state index in [1.165, 1.54) is 18.4 Å². The van der Waals surface area contributed by atoms with Crippen LogP contribution in [0.2, 0.25) is 5.02 Å². The monoisotopic (exact) mass is 384 g/mol. The highest BCUT2D eigenvalue weighted by molar-refractivity contribution is 6.30. The van der Waals surface area contributed by atoms with Crippen LogP contribution in [0.15, 0.2) is 54.6 Å². The smallest absolute Gasteiger partial charge is 0.220 e. The van der Waals surface area contributed by atoms with Crippen molar-refractivity contribution < 1.29 is 4.79 Å². The molecule has 0 unspecified atom stereocenters. The summed E-state index contributed by atoms with van der Waals surface area (Å²) in [6, 6.07) is 18.3. The van der Waals surface area contributed by atoms with Gasteiger partial charge < -0.3 is 10.2 Å². The molecule has 2 aromatic carbocycles. The lowest BCUT2D eigenvalue weighted by atomic mass is 9.92. The summed E-state index contributed by atoms with van der Waals surface area (Å²) in [6.07, 6.45) is 5.15. The Labute approximate surface area is 167 Å². The summed E-state index contributed by atoms with van der Waals surface area (Å²) < 4.78 is 0. The fraction of sp³-hybridized carbons (Fsp3) is 0.435. The molecular formula is C23H29ClN2O. The van der Waals surface area contributed by atoms with E-state index in [2.05, 4.69) is 40.5 Å². The molecule has 0 spiro atoms. The van der Waals surface area contributed by atoms with Crippen LogP contribution in [0, 0.1) is 5.92 Å². The molecule has 0 radical (unpaired) electrons. The number of amides is 1. The highest BCUT2D eigenvalue weighted by Crippen LogP contribution is 2.22. The number of rotatable bonds is 8. The first-order valence-electron chi connectivity index (χ1n) is 9.96. The highest BCUT2D eigenvalue weighted by Gasteiger charge is 2.19. The van der Waals surface area contributed by atoms with Gasteiger partial charge in [-0.1, -0.05) is 54.1 Å². The van der Waals surface area contributed by atoms with Crippen molar-refractivity contribution in [2.75, 3.05) is 19.6 Å². The molecule has 144 valence electrons. The summed E-state index contributed by atoms with van der Waals surface area (Å²) in [5.41, 5.74) is 2.46. The van der Waals surface area contributed by atoms with Gasteiger partial charge in [-0.2, -0.15) is 0 Å². The van der Waals surface area contributed by atoms with E-state index in [0.717, 1.165) is 38.0 Å². The van der Waals surface area contributed by atoms with Crippen molar-refractivity contribution in [3.8, 4) is 0 Å². The van der Waals surface area contributed by atoms with Crippen LogP contribution in [-0.2, 0) is 17.8 Å². The molecule has 0 saturated carbocycles. The van der Waals surface area contributed by atoms with Gasteiger partial charge >= 0.3 is 0 Å². The molecule has 0 aromatic heterocycles. The van der Waals surface area contributed by atoms with E-state index in [-0.39, 0.29) is 5.91 Å². The Morgan fingerprint density at radius 3 is 2.52 bits per heavy atom. The number of nitrogens with one attached hydrogen (secondary N) is 1. The molecular weight excluding hydrogens is 356 g/mol. The molecule has 1 fully saturated rings. The second-order valence-electron chi connectivity index (χ2n) is 7.47. The summed E-state index contributed by atoms with van der Waals surface area (Å²) in [5.74, 6) is 0.816. The van der Waals surface area contributed by atoms with Gasteiger partial charge in [0.05, 0.1) is 0 Å². The van der Waals surface area contributed by atoms with Crippen LogP contribution in [0.25, 0.3) is 0 Å². The average molecular weight is 385 g/mol. The summed E-state index contributed by atoms with van der Waals surface area (Å²) in [6.45, 7) is 4.00. The lowest BCUT2D eigenvalue weighted by molar-refractivity contribution is -0.121. The molecule has 1 saturated heterocycles.